The zero-order valence-electron chi connectivity index (χ0n) is 6.89. The highest BCUT2D eigenvalue weighted by Crippen LogP contribution is 1.96. The van der Waals surface area contributed by atoms with Gasteiger partial charge in [0, 0.05) is 19.6 Å². The van der Waals surface area contributed by atoms with Gasteiger partial charge in [-0.1, -0.05) is 0 Å². The van der Waals surface area contributed by atoms with Crippen LogP contribution in [0.2, 0.25) is 0 Å². The number of carbonyl (C=O) groups excluding carboxylic acids is 1. The van der Waals surface area contributed by atoms with Crippen LogP contribution in [0.25, 0.3) is 0 Å². The summed E-state index contributed by atoms with van der Waals surface area (Å²) < 4.78 is 32.1. The quantitative estimate of drug-likeness (QED) is 0.457. The van der Waals surface area contributed by atoms with Crippen LogP contribution in [-0.4, -0.2) is 32.2 Å². The van der Waals surface area contributed by atoms with Gasteiger partial charge in [-0.25, -0.2) is 4.79 Å². The Hall–Kier alpha value is -0.710. The van der Waals surface area contributed by atoms with Crippen LogP contribution < -0.4 is 0 Å². The fourth-order valence-electron chi connectivity index (χ4n) is 0.541. The first-order chi connectivity index (χ1) is 5.68. The summed E-state index contributed by atoms with van der Waals surface area (Å²) in [4.78, 5) is 10.2. The molecule has 0 atom stereocenters. The summed E-state index contributed by atoms with van der Waals surface area (Å²) in [7, 11) is 0. The van der Waals surface area contributed by atoms with Crippen molar-refractivity contribution in [2.24, 2.45) is 0 Å². The van der Waals surface area contributed by atoms with Gasteiger partial charge in [0.05, 0.1) is 6.61 Å². The van der Waals surface area contributed by atoms with Gasteiger partial charge in [0.1, 0.15) is 0 Å². The molecule has 0 saturated heterocycles. The molecule has 0 aromatic carbocycles. The fraction of sp³-hybridized carbons (Fsp3) is 0.857. The van der Waals surface area contributed by atoms with Crippen molar-refractivity contribution in [1.82, 2.24) is 0 Å². The molecule has 0 saturated carbocycles. The summed E-state index contributed by atoms with van der Waals surface area (Å²) in [6.07, 6.45) is -2.58. The molecule has 0 fully saturated rings. The van der Waals surface area contributed by atoms with Crippen LogP contribution in [-0.2, 0) is 14.3 Å². The van der Waals surface area contributed by atoms with Gasteiger partial charge in [-0.2, -0.15) is 8.78 Å². The van der Waals surface area contributed by atoms with E-state index >= 15 is 0 Å². The molecule has 0 aromatic rings. The van der Waals surface area contributed by atoms with Crippen LogP contribution in [0, 0.1) is 0 Å². The molecule has 72 valence electrons. The SMILES string of the molecule is CCOCCCOC(=O)C(F)F. The number of hydrogen-bond donors (Lipinski definition) is 0. The number of esters is 1. The second-order valence-electron chi connectivity index (χ2n) is 2.02. The standard InChI is InChI=1S/C7H12F2O3/c1-2-11-4-3-5-12-7(10)6(8)9/h6H,2-5H2,1H3. The molecule has 0 aliphatic rings. The van der Waals surface area contributed by atoms with Crippen LogP contribution in [0.1, 0.15) is 13.3 Å². The van der Waals surface area contributed by atoms with Crippen molar-refractivity contribution < 1.29 is 23.0 Å². The average molecular weight is 182 g/mol. The molecular formula is C7H12F2O3. The number of carbonyl (C=O) groups is 1. The Morgan fingerprint density at radius 1 is 1.42 bits per heavy atom. The van der Waals surface area contributed by atoms with Crippen LogP contribution in [0.5, 0.6) is 0 Å². The highest BCUT2D eigenvalue weighted by molar-refractivity contribution is 5.72. The van der Waals surface area contributed by atoms with E-state index in [-0.39, 0.29) is 6.61 Å². The van der Waals surface area contributed by atoms with Gasteiger partial charge >= 0.3 is 12.4 Å². The lowest BCUT2D eigenvalue weighted by Gasteiger charge is -2.03. The molecular weight excluding hydrogens is 170 g/mol. The van der Waals surface area contributed by atoms with Crippen LogP contribution in [0.4, 0.5) is 8.78 Å². The lowest BCUT2D eigenvalue weighted by Crippen LogP contribution is -2.15. The number of ether oxygens (including phenoxy) is 2. The number of rotatable bonds is 6. The third kappa shape index (κ3) is 6.03. The predicted molar refractivity (Wildman–Crippen MR) is 38.1 cm³/mol. The highest BCUT2D eigenvalue weighted by Gasteiger charge is 2.15. The molecule has 0 radical (unpaired) electrons. The molecule has 3 nitrogen and oxygen atoms in total. The minimum absolute atomic E-state index is 0.0107. The number of halogens is 2. The summed E-state index contributed by atoms with van der Waals surface area (Å²) >= 11 is 0. The van der Waals surface area contributed by atoms with Crippen LogP contribution in [0.15, 0.2) is 0 Å². The smallest absolute Gasteiger partial charge is 0.373 e. The summed E-state index contributed by atoms with van der Waals surface area (Å²) in [6.45, 7) is 2.81. The second kappa shape index (κ2) is 6.97. The molecule has 0 heterocycles. The normalized spacial score (nSPS) is 10.3. The first-order valence-electron chi connectivity index (χ1n) is 3.71. The Bertz CT molecular complexity index is 128. The average Bonchev–Trinajstić information content (AvgIpc) is 2.03. The van der Waals surface area contributed by atoms with Crippen molar-refractivity contribution in [3.63, 3.8) is 0 Å². The summed E-state index contributed by atoms with van der Waals surface area (Å²) in [5, 5.41) is 0. The molecule has 0 bridgehead atoms. The van der Waals surface area contributed by atoms with Crippen LogP contribution >= 0.6 is 0 Å². The van der Waals surface area contributed by atoms with Gasteiger partial charge in [-0.05, 0) is 6.92 Å². The predicted octanol–water partition coefficient (Wildman–Crippen LogP) is 1.22. The van der Waals surface area contributed by atoms with E-state index in [0.29, 0.717) is 19.6 Å². The lowest BCUT2D eigenvalue weighted by atomic mass is 10.5. The van der Waals surface area contributed by atoms with Gasteiger partial charge in [0.2, 0.25) is 0 Å². The molecule has 0 N–H and O–H groups in total. The first kappa shape index (κ1) is 11.3. The maximum absolute atomic E-state index is 11.5. The van der Waals surface area contributed by atoms with E-state index in [4.69, 9.17) is 4.74 Å². The van der Waals surface area contributed by atoms with Crippen LogP contribution in [0.3, 0.4) is 0 Å². The highest BCUT2D eigenvalue weighted by atomic mass is 19.3. The molecule has 0 rings (SSSR count). The topological polar surface area (TPSA) is 35.5 Å². The maximum atomic E-state index is 11.5. The Morgan fingerprint density at radius 3 is 2.58 bits per heavy atom. The molecule has 0 aliphatic heterocycles. The van der Waals surface area contributed by atoms with Crippen molar-refractivity contribution >= 4 is 5.97 Å². The van der Waals surface area contributed by atoms with Crippen molar-refractivity contribution in [3.8, 4) is 0 Å². The van der Waals surface area contributed by atoms with Crippen molar-refractivity contribution in [2.75, 3.05) is 19.8 Å². The Balaban J connectivity index is 3.14. The Morgan fingerprint density at radius 2 is 2.08 bits per heavy atom. The van der Waals surface area contributed by atoms with E-state index < -0.39 is 12.4 Å². The largest absolute Gasteiger partial charge is 0.461 e. The van der Waals surface area contributed by atoms with E-state index in [1.807, 2.05) is 6.92 Å². The summed E-state index contributed by atoms with van der Waals surface area (Å²) in [5.74, 6) is -1.47. The Kier molecular flexibility index (Phi) is 6.55. The number of alkyl halides is 2. The van der Waals surface area contributed by atoms with Gasteiger partial charge in [0.15, 0.2) is 0 Å². The van der Waals surface area contributed by atoms with E-state index in [0.717, 1.165) is 0 Å². The van der Waals surface area contributed by atoms with E-state index in [1.165, 1.54) is 0 Å². The first-order valence-corrected chi connectivity index (χ1v) is 3.71. The van der Waals surface area contributed by atoms with Gasteiger partial charge in [-0.15, -0.1) is 0 Å². The third-order valence-electron chi connectivity index (χ3n) is 1.06. The number of hydrogen-bond acceptors (Lipinski definition) is 3. The van der Waals surface area contributed by atoms with E-state index in [1.54, 1.807) is 0 Å². The van der Waals surface area contributed by atoms with E-state index in [9.17, 15) is 13.6 Å². The lowest BCUT2D eigenvalue weighted by molar-refractivity contribution is -0.156. The zero-order valence-corrected chi connectivity index (χ0v) is 6.89. The fourth-order valence-corrected chi connectivity index (χ4v) is 0.541. The molecule has 0 spiro atoms. The Labute approximate surface area is 69.6 Å². The van der Waals surface area contributed by atoms with Crippen molar-refractivity contribution in [1.29, 1.82) is 0 Å². The summed E-state index contributed by atoms with van der Waals surface area (Å²) in [6, 6.07) is 0. The minimum atomic E-state index is -3.03. The maximum Gasteiger partial charge on any atom is 0.373 e. The second-order valence-corrected chi connectivity index (χ2v) is 2.02. The molecule has 12 heavy (non-hydrogen) atoms. The molecule has 5 heteroatoms. The molecule has 0 aliphatic carbocycles. The summed E-state index contributed by atoms with van der Waals surface area (Å²) in [5.41, 5.74) is 0. The van der Waals surface area contributed by atoms with E-state index in [2.05, 4.69) is 4.74 Å². The van der Waals surface area contributed by atoms with Crippen molar-refractivity contribution in [2.45, 2.75) is 19.8 Å². The minimum Gasteiger partial charge on any atom is -0.461 e. The molecule has 0 amide bonds. The van der Waals surface area contributed by atoms with Gasteiger partial charge < -0.3 is 9.47 Å². The third-order valence-corrected chi connectivity index (χ3v) is 1.06. The monoisotopic (exact) mass is 182 g/mol. The van der Waals surface area contributed by atoms with Gasteiger partial charge in [0.25, 0.3) is 0 Å². The molecule has 0 aromatic heterocycles. The van der Waals surface area contributed by atoms with Gasteiger partial charge in [-0.3, -0.25) is 0 Å². The van der Waals surface area contributed by atoms with Crippen molar-refractivity contribution in [3.05, 3.63) is 0 Å². The zero-order chi connectivity index (χ0) is 9.40. The molecule has 0 unspecified atom stereocenters.